The van der Waals surface area contributed by atoms with E-state index in [9.17, 15) is 4.79 Å². The Labute approximate surface area is 158 Å². The molecular weight excluding hydrogens is 346 g/mol. The minimum atomic E-state index is 0.112. The molecule has 1 saturated heterocycles. The highest BCUT2D eigenvalue weighted by Crippen LogP contribution is 2.35. The van der Waals surface area contributed by atoms with Crippen LogP contribution in [-0.2, 0) is 6.54 Å². The topological polar surface area (TPSA) is 46.5 Å². The summed E-state index contributed by atoms with van der Waals surface area (Å²) >= 11 is 5.66. The largest absolute Gasteiger partial charge is 0.494 e. The van der Waals surface area contributed by atoms with Gasteiger partial charge >= 0.3 is 0 Å². The maximum absolute atomic E-state index is 12.1. The zero-order chi connectivity index (χ0) is 18.1. The van der Waals surface area contributed by atoms with Gasteiger partial charge < -0.3 is 19.5 Å². The summed E-state index contributed by atoms with van der Waals surface area (Å²) in [6, 6.07) is 13.5. The molecule has 4 rings (SSSR count). The molecule has 0 amide bonds. The van der Waals surface area contributed by atoms with Crippen molar-refractivity contribution < 1.29 is 4.74 Å². The van der Waals surface area contributed by atoms with Crippen molar-refractivity contribution in [3.8, 4) is 5.75 Å². The van der Waals surface area contributed by atoms with Crippen LogP contribution in [0.15, 0.2) is 47.3 Å². The standard InChI is InChI=1S/C20H23N3O2S/c1-2-25-17-8-6-16(7-9-17)21-20(26)22-11-14-10-15(13-22)18-4-3-5-19(24)23(18)12-14/h3-9,14-15H,2,10-13H2,1H3,(H,21,26). The Morgan fingerprint density at radius 3 is 2.77 bits per heavy atom. The maximum Gasteiger partial charge on any atom is 0.250 e. The number of ether oxygens (including phenoxy) is 1. The first kappa shape index (κ1) is 17.1. The van der Waals surface area contributed by atoms with E-state index in [0.717, 1.165) is 48.3 Å². The number of rotatable bonds is 3. The summed E-state index contributed by atoms with van der Waals surface area (Å²) < 4.78 is 7.42. The summed E-state index contributed by atoms with van der Waals surface area (Å²) in [5, 5.41) is 4.08. The molecule has 0 saturated carbocycles. The van der Waals surface area contributed by atoms with Gasteiger partial charge in [0.1, 0.15) is 5.75 Å². The average Bonchev–Trinajstić information content (AvgIpc) is 2.64. The minimum Gasteiger partial charge on any atom is -0.494 e. The minimum absolute atomic E-state index is 0.112. The molecule has 2 unspecified atom stereocenters. The molecule has 1 aromatic heterocycles. The first-order valence-electron chi connectivity index (χ1n) is 9.12. The van der Waals surface area contributed by atoms with Gasteiger partial charge in [0, 0.05) is 43.0 Å². The number of nitrogens with zero attached hydrogens (tertiary/aromatic N) is 2. The van der Waals surface area contributed by atoms with E-state index in [1.54, 1.807) is 6.07 Å². The Kier molecular flexibility index (Phi) is 4.68. The number of anilines is 1. The van der Waals surface area contributed by atoms with Crippen LogP contribution in [0.4, 0.5) is 5.69 Å². The third-order valence-corrected chi connectivity index (χ3v) is 5.54. The molecule has 0 aliphatic carbocycles. The second kappa shape index (κ2) is 7.11. The fourth-order valence-corrected chi connectivity index (χ4v) is 4.33. The van der Waals surface area contributed by atoms with Crippen molar-refractivity contribution in [2.75, 3.05) is 25.0 Å². The van der Waals surface area contributed by atoms with Crippen LogP contribution < -0.4 is 15.6 Å². The van der Waals surface area contributed by atoms with Gasteiger partial charge in [-0.1, -0.05) is 6.07 Å². The lowest BCUT2D eigenvalue weighted by Crippen LogP contribution is -2.50. The summed E-state index contributed by atoms with van der Waals surface area (Å²) in [5.41, 5.74) is 2.22. The van der Waals surface area contributed by atoms with Crippen LogP contribution in [0.25, 0.3) is 0 Å². The van der Waals surface area contributed by atoms with Crippen molar-refractivity contribution in [3.63, 3.8) is 0 Å². The van der Waals surface area contributed by atoms with Crippen LogP contribution in [0.3, 0.4) is 0 Å². The average molecular weight is 369 g/mol. The molecule has 1 N–H and O–H groups in total. The zero-order valence-corrected chi connectivity index (χ0v) is 15.7. The highest BCUT2D eigenvalue weighted by atomic mass is 32.1. The van der Waals surface area contributed by atoms with E-state index in [-0.39, 0.29) is 5.56 Å². The van der Waals surface area contributed by atoms with E-state index in [1.165, 1.54) is 0 Å². The second-order valence-corrected chi connectivity index (χ2v) is 7.38. The number of hydrogen-bond acceptors (Lipinski definition) is 3. The number of likely N-dealkylation sites (tertiary alicyclic amines) is 1. The van der Waals surface area contributed by atoms with Crippen LogP contribution >= 0.6 is 12.2 Å². The number of pyridine rings is 1. The number of thiocarbonyl (C=S) groups is 1. The molecule has 2 aliphatic rings. The van der Waals surface area contributed by atoms with Crippen molar-refractivity contribution in [2.24, 2.45) is 5.92 Å². The highest BCUT2D eigenvalue weighted by molar-refractivity contribution is 7.80. The second-order valence-electron chi connectivity index (χ2n) is 6.99. The Morgan fingerprint density at radius 1 is 1.19 bits per heavy atom. The van der Waals surface area contributed by atoms with E-state index in [4.69, 9.17) is 17.0 Å². The van der Waals surface area contributed by atoms with E-state index < -0.39 is 0 Å². The Balaban J connectivity index is 1.46. The van der Waals surface area contributed by atoms with E-state index in [0.29, 0.717) is 18.4 Å². The summed E-state index contributed by atoms with van der Waals surface area (Å²) in [7, 11) is 0. The molecule has 3 heterocycles. The Hall–Kier alpha value is -2.34. The number of aromatic nitrogens is 1. The van der Waals surface area contributed by atoms with E-state index in [2.05, 4.69) is 16.3 Å². The SMILES string of the molecule is CCOc1ccc(NC(=S)N2CC3CC(C2)c2cccc(=O)n2C3)cc1. The maximum atomic E-state index is 12.1. The number of piperidine rings is 1. The van der Waals surface area contributed by atoms with Crippen molar-refractivity contribution >= 4 is 23.0 Å². The lowest BCUT2D eigenvalue weighted by atomic mass is 9.83. The normalized spacial score (nSPS) is 21.0. The van der Waals surface area contributed by atoms with Gasteiger partial charge in [-0.2, -0.15) is 0 Å². The molecule has 0 spiro atoms. The number of hydrogen-bond donors (Lipinski definition) is 1. The third-order valence-electron chi connectivity index (χ3n) is 5.18. The van der Waals surface area contributed by atoms with Gasteiger partial charge in [0.05, 0.1) is 6.61 Å². The van der Waals surface area contributed by atoms with Gasteiger partial charge in [-0.05, 0) is 61.8 Å². The number of benzene rings is 1. The van der Waals surface area contributed by atoms with Gasteiger partial charge in [-0.3, -0.25) is 4.79 Å². The molecular formula is C20H23N3O2S. The van der Waals surface area contributed by atoms with Crippen molar-refractivity contribution in [1.29, 1.82) is 0 Å². The smallest absolute Gasteiger partial charge is 0.250 e. The van der Waals surface area contributed by atoms with Gasteiger partial charge in [0.25, 0.3) is 5.56 Å². The first-order chi connectivity index (χ1) is 12.6. The molecule has 6 heteroatoms. The fourth-order valence-electron chi connectivity index (χ4n) is 4.07. The monoisotopic (exact) mass is 369 g/mol. The zero-order valence-electron chi connectivity index (χ0n) is 14.9. The summed E-state index contributed by atoms with van der Waals surface area (Å²) in [5.74, 6) is 1.68. The quantitative estimate of drug-likeness (QED) is 0.843. The van der Waals surface area contributed by atoms with Crippen molar-refractivity contribution in [2.45, 2.75) is 25.8 Å². The van der Waals surface area contributed by atoms with Crippen LogP contribution in [-0.4, -0.2) is 34.3 Å². The Morgan fingerprint density at radius 2 is 2.00 bits per heavy atom. The lowest BCUT2D eigenvalue weighted by Gasteiger charge is -2.43. The summed E-state index contributed by atoms with van der Waals surface area (Å²) in [4.78, 5) is 14.4. The Bertz CT molecular complexity index is 862. The van der Waals surface area contributed by atoms with Gasteiger partial charge in [0.2, 0.25) is 0 Å². The van der Waals surface area contributed by atoms with Crippen LogP contribution in [0, 0.1) is 5.92 Å². The molecule has 2 atom stereocenters. The van der Waals surface area contributed by atoms with Gasteiger partial charge in [-0.15, -0.1) is 0 Å². The third kappa shape index (κ3) is 3.33. The van der Waals surface area contributed by atoms with E-state index >= 15 is 0 Å². The summed E-state index contributed by atoms with van der Waals surface area (Å²) in [6.07, 6.45) is 1.13. The predicted molar refractivity (Wildman–Crippen MR) is 107 cm³/mol. The lowest BCUT2D eigenvalue weighted by molar-refractivity contribution is 0.180. The summed E-state index contributed by atoms with van der Waals surface area (Å²) in [6.45, 7) is 5.16. The van der Waals surface area contributed by atoms with E-state index in [1.807, 2.05) is 41.8 Å². The molecule has 1 fully saturated rings. The predicted octanol–water partition coefficient (Wildman–Crippen LogP) is 3.06. The van der Waals surface area contributed by atoms with Crippen LogP contribution in [0.1, 0.15) is 25.0 Å². The molecule has 1 aromatic carbocycles. The molecule has 2 aliphatic heterocycles. The molecule has 0 radical (unpaired) electrons. The van der Waals surface area contributed by atoms with Crippen LogP contribution in [0.5, 0.6) is 5.75 Å². The van der Waals surface area contributed by atoms with Crippen molar-refractivity contribution in [1.82, 2.24) is 9.47 Å². The number of fused-ring (bicyclic) bond motifs is 4. The van der Waals surface area contributed by atoms with Gasteiger partial charge in [0.15, 0.2) is 5.11 Å². The van der Waals surface area contributed by atoms with Crippen molar-refractivity contribution in [3.05, 3.63) is 58.5 Å². The molecule has 136 valence electrons. The fraction of sp³-hybridized carbons (Fsp3) is 0.400. The highest BCUT2D eigenvalue weighted by Gasteiger charge is 2.35. The molecule has 26 heavy (non-hydrogen) atoms. The first-order valence-corrected chi connectivity index (χ1v) is 9.53. The van der Waals surface area contributed by atoms with Crippen LogP contribution in [0.2, 0.25) is 0 Å². The number of nitrogens with one attached hydrogen (secondary N) is 1. The molecule has 2 bridgehead atoms. The molecule has 2 aromatic rings. The molecule has 5 nitrogen and oxygen atoms in total. The van der Waals surface area contributed by atoms with Gasteiger partial charge in [-0.25, -0.2) is 0 Å².